The van der Waals surface area contributed by atoms with E-state index >= 15 is 0 Å². The standard InChI is InChI=1S/C18H22FN3O2S/c19-17-4-1-5-18(11-17)25(23,24)21-13-15-6-9-22(10-7-15)14-16-3-2-8-20-12-16/h1-5,8,11-12,15,21H,6-7,9-10,13-14H2. The van der Waals surface area contributed by atoms with E-state index in [1.165, 1.54) is 23.8 Å². The van der Waals surface area contributed by atoms with Gasteiger partial charge in [0.25, 0.3) is 0 Å². The minimum atomic E-state index is -3.66. The fourth-order valence-electron chi connectivity index (χ4n) is 3.04. The van der Waals surface area contributed by atoms with Crippen molar-refractivity contribution in [3.63, 3.8) is 0 Å². The molecule has 0 amide bonds. The predicted molar refractivity (Wildman–Crippen MR) is 93.8 cm³/mol. The summed E-state index contributed by atoms with van der Waals surface area (Å²) in [4.78, 5) is 6.46. The Hall–Kier alpha value is -1.83. The summed E-state index contributed by atoms with van der Waals surface area (Å²) < 4.78 is 40.3. The first-order valence-corrected chi connectivity index (χ1v) is 9.88. The molecule has 134 valence electrons. The molecule has 1 N–H and O–H groups in total. The fourth-order valence-corrected chi connectivity index (χ4v) is 4.19. The molecule has 0 spiro atoms. The third-order valence-electron chi connectivity index (χ3n) is 4.50. The molecular formula is C18H22FN3O2S. The first-order valence-electron chi connectivity index (χ1n) is 8.39. The number of halogens is 1. The van der Waals surface area contributed by atoms with E-state index in [0.717, 1.165) is 38.5 Å². The van der Waals surface area contributed by atoms with Crippen LogP contribution in [-0.2, 0) is 16.6 Å². The van der Waals surface area contributed by atoms with Gasteiger partial charge in [-0.3, -0.25) is 9.88 Å². The highest BCUT2D eigenvalue weighted by Gasteiger charge is 2.22. The topological polar surface area (TPSA) is 62.3 Å². The van der Waals surface area contributed by atoms with Crippen LogP contribution in [0.25, 0.3) is 0 Å². The van der Waals surface area contributed by atoms with Gasteiger partial charge in [0.1, 0.15) is 5.82 Å². The molecule has 7 heteroatoms. The van der Waals surface area contributed by atoms with Crippen LogP contribution in [0.2, 0.25) is 0 Å². The van der Waals surface area contributed by atoms with Crippen molar-refractivity contribution >= 4 is 10.0 Å². The van der Waals surface area contributed by atoms with Gasteiger partial charge in [-0.2, -0.15) is 0 Å². The maximum absolute atomic E-state index is 13.2. The van der Waals surface area contributed by atoms with Crippen LogP contribution >= 0.6 is 0 Å². The summed E-state index contributed by atoms with van der Waals surface area (Å²) in [5.74, 6) is -0.250. The Labute approximate surface area is 147 Å². The van der Waals surface area contributed by atoms with Gasteiger partial charge in [0.05, 0.1) is 4.90 Å². The summed E-state index contributed by atoms with van der Waals surface area (Å²) in [6, 6.07) is 9.08. The van der Waals surface area contributed by atoms with Gasteiger partial charge in [-0.05, 0) is 61.7 Å². The van der Waals surface area contributed by atoms with Gasteiger partial charge in [0.2, 0.25) is 10.0 Å². The van der Waals surface area contributed by atoms with Crippen molar-refractivity contribution in [2.75, 3.05) is 19.6 Å². The molecule has 0 aliphatic carbocycles. The third kappa shape index (κ3) is 5.07. The number of pyridine rings is 1. The smallest absolute Gasteiger partial charge is 0.240 e. The zero-order valence-electron chi connectivity index (χ0n) is 13.9. The molecule has 0 radical (unpaired) electrons. The van der Waals surface area contributed by atoms with Crippen LogP contribution in [0.1, 0.15) is 18.4 Å². The normalized spacial score (nSPS) is 16.8. The monoisotopic (exact) mass is 363 g/mol. The maximum atomic E-state index is 13.2. The molecule has 1 fully saturated rings. The second kappa shape index (κ2) is 8.03. The molecule has 0 unspecified atom stereocenters. The Balaban J connectivity index is 1.48. The van der Waals surface area contributed by atoms with Gasteiger partial charge in [0.15, 0.2) is 0 Å². The number of likely N-dealkylation sites (tertiary alicyclic amines) is 1. The summed E-state index contributed by atoms with van der Waals surface area (Å²) in [5, 5.41) is 0. The van der Waals surface area contributed by atoms with Crippen molar-refractivity contribution in [2.24, 2.45) is 5.92 Å². The number of nitrogens with one attached hydrogen (secondary N) is 1. The predicted octanol–water partition coefficient (Wildman–Crippen LogP) is 2.41. The van der Waals surface area contributed by atoms with E-state index in [4.69, 9.17) is 0 Å². The van der Waals surface area contributed by atoms with Crippen molar-refractivity contribution in [2.45, 2.75) is 24.3 Å². The molecule has 25 heavy (non-hydrogen) atoms. The van der Waals surface area contributed by atoms with E-state index in [9.17, 15) is 12.8 Å². The molecule has 0 saturated carbocycles. The van der Waals surface area contributed by atoms with Crippen LogP contribution < -0.4 is 4.72 Å². The molecule has 2 aromatic rings. The maximum Gasteiger partial charge on any atom is 0.240 e. The lowest BCUT2D eigenvalue weighted by atomic mass is 9.97. The van der Waals surface area contributed by atoms with Gasteiger partial charge in [-0.1, -0.05) is 12.1 Å². The van der Waals surface area contributed by atoms with E-state index in [1.807, 2.05) is 12.3 Å². The molecule has 0 atom stereocenters. The Kier molecular flexibility index (Phi) is 5.78. The average molecular weight is 363 g/mol. The number of rotatable bonds is 6. The second-order valence-corrected chi connectivity index (χ2v) is 8.16. The van der Waals surface area contributed by atoms with Crippen molar-refractivity contribution < 1.29 is 12.8 Å². The highest BCUT2D eigenvalue weighted by molar-refractivity contribution is 7.89. The number of sulfonamides is 1. The number of hydrogen-bond acceptors (Lipinski definition) is 4. The van der Waals surface area contributed by atoms with E-state index < -0.39 is 15.8 Å². The van der Waals surface area contributed by atoms with E-state index in [2.05, 4.69) is 20.7 Å². The quantitative estimate of drug-likeness (QED) is 0.856. The van der Waals surface area contributed by atoms with Gasteiger partial charge >= 0.3 is 0 Å². The van der Waals surface area contributed by atoms with Crippen molar-refractivity contribution in [1.82, 2.24) is 14.6 Å². The number of piperidine rings is 1. The van der Waals surface area contributed by atoms with Crippen molar-refractivity contribution in [3.8, 4) is 0 Å². The van der Waals surface area contributed by atoms with E-state index in [-0.39, 0.29) is 4.90 Å². The Morgan fingerprint density at radius 2 is 2.00 bits per heavy atom. The molecule has 1 saturated heterocycles. The first-order chi connectivity index (χ1) is 12.0. The SMILES string of the molecule is O=S(=O)(NCC1CCN(Cc2cccnc2)CC1)c1cccc(F)c1. The lowest BCUT2D eigenvalue weighted by Crippen LogP contribution is -2.38. The van der Waals surface area contributed by atoms with Crippen LogP contribution in [0.5, 0.6) is 0 Å². The number of hydrogen-bond donors (Lipinski definition) is 1. The Bertz CT molecular complexity index is 791. The molecule has 3 rings (SSSR count). The summed E-state index contributed by atoms with van der Waals surface area (Å²) in [7, 11) is -3.66. The Morgan fingerprint density at radius 1 is 1.20 bits per heavy atom. The van der Waals surface area contributed by atoms with Crippen LogP contribution in [0.15, 0.2) is 53.7 Å². The Morgan fingerprint density at radius 3 is 2.68 bits per heavy atom. The third-order valence-corrected chi connectivity index (χ3v) is 5.93. The number of aromatic nitrogens is 1. The average Bonchev–Trinajstić information content (AvgIpc) is 2.62. The highest BCUT2D eigenvalue weighted by atomic mass is 32.2. The van der Waals surface area contributed by atoms with Crippen LogP contribution in [-0.4, -0.2) is 37.9 Å². The molecule has 2 heterocycles. The summed E-state index contributed by atoms with van der Waals surface area (Å²) in [6.45, 7) is 3.12. The van der Waals surface area contributed by atoms with Crippen LogP contribution in [0.3, 0.4) is 0 Å². The summed E-state index contributed by atoms with van der Waals surface area (Å²) >= 11 is 0. The van der Waals surface area contributed by atoms with E-state index in [0.29, 0.717) is 12.5 Å². The van der Waals surface area contributed by atoms with Gasteiger partial charge in [0, 0.05) is 25.5 Å². The lowest BCUT2D eigenvalue weighted by Gasteiger charge is -2.31. The molecule has 1 aliphatic heterocycles. The van der Waals surface area contributed by atoms with Crippen molar-refractivity contribution in [3.05, 3.63) is 60.2 Å². The molecule has 1 aromatic heterocycles. The minimum Gasteiger partial charge on any atom is -0.299 e. The fraction of sp³-hybridized carbons (Fsp3) is 0.389. The van der Waals surface area contributed by atoms with Crippen LogP contribution in [0, 0.1) is 11.7 Å². The van der Waals surface area contributed by atoms with E-state index in [1.54, 1.807) is 6.20 Å². The molecule has 1 aliphatic rings. The molecule has 1 aromatic carbocycles. The van der Waals surface area contributed by atoms with Gasteiger partial charge < -0.3 is 0 Å². The molecule has 5 nitrogen and oxygen atoms in total. The van der Waals surface area contributed by atoms with Crippen molar-refractivity contribution in [1.29, 1.82) is 0 Å². The number of nitrogens with zero attached hydrogens (tertiary/aromatic N) is 2. The largest absolute Gasteiger partial charge is 0.299 e. The zero-order valence-corrected chi connectivity index (χ0v) is 14.8. The first kappa shape index (κ1) is 18.0. The minimum absolute atomic E-state index is 0.0264. The van der Waals surface area contributed by atoms with Gasteiger partial charge in [-0.15, -0.1) is 0 Å². The highest BCUT2D eigenvalue weighted by Crippen LogP contribution is 2.19. The second-order valence-electron chi connectivity index (χ2n) is 6.39. The van der Waals surface area contributed by atoms with Crippen LogP contribution in [0.4, 0.5) is 4.39 Å². The summed E-state index contributed by atoms with van der Waals surface area (Å²) in [6.07, 6.45) is 5.51. The molecule has 0 bridgehead atoms. The van der Waals surface area contributed by atoms with Gasteiger partial charge in [-0.25, -0.2) is 17.5 Å². The summed E-state index contributed by atoms with van der Waals surface area (Å²) in [5.41, 5.74) is 1.19. The molecular weight excluding hydrogens is 341 g/mol. The number of benzene rings is 1. The lowest BCUT2D eigenvalue weighted by molar-refractivity contribution is 0.178. The zero-order chi connectivity index (χ0) is 17.7.